The van der Waals surface area contributed by atoms with E-state index in [9.17, 15) is 18.0 Å². The largest absolute Gasteiger partial charge is 0.389 e. The third-order valence-corrected chi connectivity index (χ3v) is 3.93. The number of hydrogen-bond acceptors (Lipinski definition) is 2. The fourth-order valence-corrected chi connectivity index (χ4v) is 2.80. The molecule has 0 saturated carbocycles. The van der Waals surface area contributed by atoms with Crippen molar-refractivity contribution in [1.29, 1.82) is 0 Å². The summed E-state index contributed by atoms with van der Waals surface area (Å²) in [5.74, 6) is -0.518. The highest BCUT2D eigenvalue weighted by Crippen LogP contribution is 2.22. The van der Waals surface area contributed by atoms with Crippen LogP contribution < -0.4 is 5.32 Å². The summed E-state index contributed by atoms with van der Waals surface area (Å²) in [5, 5.41) is 2.72. The first-order valence-electron chi connectivity index (χ1n) is 7.47. The molecule has 2 atom stereocenters. The average molecular weight is 314 g/mol. The maximum Gasteiger partial charge on any atom is 0.389 e. The molecule has 1 saturated heterocycles. The molecular formula is C16H21F3N2O. The number of carbonyl (C=O) groups excluding carboxylic acids is 1. The molecule has 0 bridgehead atoms. The fourth-order valence-electron chi connectivity index (χ4n) is 2.80. The van der Waals surface area contributed by atoms with E-state index >= 15 is 0 Å². The van der Waals surface area contributed by atoms with Gasteiger partial charge in [-0.3, -0.25) is 9.69 Å². The number of nitrogens with one attached hydrogen (secondary N) is 1. The first-order valence-corrected chi connectivity index (χ1v) is 7.47. The van der Waals surface area contributed by atoms with Crippen LogP contribution in [0.25, 0.3) is 0 Å². The molecule has 1 amide bonds. The number of rotatable bonds is 5. The van der Waals surface area contributed by atoms with Gasteiger partial charge < -0.3 is 5.32 Å². The minimum absolute atomic E-state index is 0.0700. The Hall–Kier alpha value is -1.56. The third-order valence-electron chi connectivity index (χ3n) is 3.93. The molecule has 1 aliphatic rings. The number of carbonyl (C=O) groups is 1. The lowest BCUT2D eigenvalue weighted by molar-refractivity contribution is -0.144. The molecule has 1 N–H and O–H groups in total. The minimum atomic E-state index is -4.28. The van der Waals surface area contributed by atoms with E-state index in [0.29, 0.717) is 12.6 Å². The Morgan fingerprint density at radius 2 is 2.00 bits per heavy atom. The number of alkyl halides is 3. The van der Waals surface area contributed by atoms with Crippen LogP contribution in [0, 0.1) is 0 Å². The Morgan fingerprint density at radius 1 is 1.32 bits per heavy atom. The molecule has 1 fully saturated rings. The molecule has 0 aliphatic carbocycles. The number of benzene rings is 1. The molecule has 22 heavy (non-hydrogen) atoms. The van der Waals surface area contributed by atoms with Crippen LogP contribution >= 0.6 is 0 Å². The van der Waals surface area contributed by atoms with Gasteiger partial charge in [-0.2, -0.15) is 13.2 Å². The van der Waals surface area contributed by atoms with Gasteiger partial charge in [0.25, 0.3) is 0 Å². The van der Waals surface area contributed by atoms with Crippen LogP contribution in [0.5, 0.6) is 0 Å². The number of nitrogens with zero attached hydrogens (tertiary/aromatic N) is 1. The van der Waals surface area contributed by atoms with E-state index in [4.69, 9.17) is 0 Å². The van der Waals surface area contributed by atoms with Crippen molar-refractivity contribution in [2.75, 3.05) is 6.54 Å². The molecule has 122 valence electrons. The van der Waals surface area contributed by atoms with Crippen molar-refractivity contribution in [2.45, 2.75) is 51.0 Å². The van der Waals surface area contributed by atoms with Gasteiger partial charge in [-0.1, -0.05) is 30.3 Å². The number of likely N-dealkylation sites (tertiary alicyclic amines) is 1. The standard InChI is InChI=1S/C16H21F3N2O/c1-12-9-14(20-15(22)7-8-16(17,18)19)11-21(12)10-13-5-3-2-4-6-13/h2-6,12,14H,7-11H2,1H3,(H,20,22). The quantitative estimate of drug-likeness (QED) is 0.906. The molecular weight excluding hydrogens is 293 g/mol. The van der Waals surface area contributed by atoms with Crippen molar-refractivity contribution in [3.63, 3.8) is 0 Å². The van der Waals surface area contributed by atoms with Crippen molar-refractivity contribution in [3.05, 3.63) is 35.9 Å². The average Bonchev–Trinajstić information content (AvgIpc) is 2.77. The normalized spacial score (nSPS) is 22.7. The molecule has 1 heterocycles. The number of hydrogen-bond donors (Lipinski definition) is 1. The lowest BCUT2D eigenvalue weighted by Gasteiger charge is -2.20. The highest BCUT2D eigenvalue weighted by Gasteiger charge is 2.31. The number of amides is 1. The molecule has 2 rings (SSSR count). The summed E-state index contributed by atoms with van der Waals surface area (Å²) < 4.78 is 36.3. The topological polar surface area (TPSA) is 32.3 Å². The highest BCUT2D eigenvalue weighted by molar-refractivity contribution is 5.76. The second kappa shape index (κ2) is 7.13. The zero-order chi connectivity index (χ0) is 16.2. The maximum absolute atomic E-state index is 12.1. The maximum atomic E-state index is 12.1. The van der Waals surface area contributed by atoms with Crippen LogP contribution in [-0.2, 0) is 11.3 Å². The summed E-state index contributed by atoms with van der Waals surface area (Å²) in [4.78, 5) is 13.8. The lowest BCUT2D eigenvalue weighted by Crippen LogP contribution is -2.37. The SMILES string of the molecule is CC1CC(NC(=O)CCC(F)(F)F)CN1Cc1ccccc1. The molecule has 0 aromatic heterocycles. The van der Waals surface area contributed by atoms with Gasteiger partial charge in [0, 0.05) is 31.6 Å². The fraction of sp³-hybridized carbons (Fsp3) is 0.562. The summed E-state index contributed by atoms with van der Waals surface area (Å²) in [6.45, 7) is 3.54. The van der Waals surface area contributed by atoms with Crippen LogP contribution in [0.4, 0.5) is 13.2 Å². The first kappa shape index (κ1) is 16.8. The second-order valence-electron chi connectivity index (χ2n) is 5.88. The van der Waals surface area contributed by atoms with Crippen LogP contribution in [0.3, 0.4) is 0 Å². The van der Waals surface area contributed by atoms with Crippen LogP contribution in [0.15, 0.2) is 30.3 Å². The lowest BCUT2D eigenvalue weighted by atomic mass is 10.1. The Labute approximate surface area is 128 Å². The van der Waals surface area contributed by atoms with Crippen molar-refractivity contribution in [3.8, 4) is 0 Å². The molecule has 1 aromatic carbocycles. The van der Waals surface area contributed by atoms with Crippen molar-refractivity contribution >= 4 is 5.91 Å². The Morgan fingerprint density at radius 3 is 2.64 bits per heavy atom. The van der Waals surface area contributed by atoms with Crippen molar-refractivity contribution < 1.29 is 18.0 Å². The second-order valence-corrected chi connectivity index (χ2v) is 5.88. The van der Waals surface area contributed by atoms with Crippen LogP contribution in [0.2, 0.25) is 0 Å². The summed E-state index contributed by atoms with van der Waals surface area (Å²) >= 11 is 0. The monoisotopic (exact) mass is 314 g/mol. The van der Waals surface area contributed by atoms with Gasteiger partial charge in [-0.05, 0) is 18.9 Å². The zero-order valence-electron chi connectivity index (χ0n) is 12.6. The molecule has 0 radical (unpaired) electrons. The molecule has 1 aliphatic heterocycles. The smallest absolute Gasteiger partial charge is 0.352 e. The van der Waals surface area contributed by atoms with Gasteiger partial charge in [0.15, 0.2) is 0 Å². The van der Waals surface area contributed by atoms with E-state index in [0.717, 1.165) is 13.0 Å². The van der Waals surface area contributed by atoms with E-state index in [-0.39, 0.29) is 6.04 Å². The highest BCUT2D eigenvalue weighted by atomic mass is 19.4. The summed E-state index contributed by atoms with van der Waals surface area (Å²) in [7, 11) is 0. The van der Waals surface area contributed by atoms with E-state index in [1.165, 1.54) is 5.56 Å². The van der Waals surface area contributed by atoms with Gasteiger partial charge >= 0.3 is 6.18 Å². The summed E-state index contributed by atoms with van der Waals surface area (Å²) in [5.41, 5.74) is 1.19. The Balaban J connectivity index is 1.79. The molecule has 6 heteroatoms. The van der Waals surface area contributed by atoms with Gasteiger partial charge in [-0.25, -0.2) is 0 Å². The van der Waals surface area contributed by atoms with Gasteiger partial charge in [-0.15, -0.1) is 0 Å². The summed E-state index contributed by atoms with van der Waals surface area (Å²) in [6.07, 6.45) is -5.06. The zero-order valence-corrected chi connectivity index (χ0v) is 12.6. The Kier molecular flexibility index (Phi) is 5.45. The number of halogens is 3. The van der Waals surface area contributed by atoms with E-state index < -0.39 is 24.9 Å². The van der Waals surface area contributed by atoms with Crippen molar-refractivity contribution in [2.24, 2.45) is 0 Å². The van der Waals surface area contributed by atoms with Gasteiger partial charge in [0.2, 0.25) is 5.91 Å². The Bertz CT molecular complexity index is 490. The van der Waals surface area contributed by atoms with Crippen LogP contribution in [-0.4, -0.2) is 35.6 Å². The molecule has 1 aromatic rings. The predicted molar refractivity (Wildman–Crippen MR) is 78.2 cm³/mol. The molecule has 2 unspecified atom stereocenters. The minimum Gasteiger partial charge on any atom is -0.352 e. The molecule has 0 spiro atoms. The third kappa shape index (κ3) is 5.33. The summed E-state index contributed by atoms with van der Waals surface area (Å²) in [6, 6.07) is 10.2. The van der Waals surface area contributed by atoms with Crippen LogP contribution in [0.1, 0.15) is 31.7 Å². The predicted octanol–water partition coefficient (Wildman–Crippen LogP) is 3.11. The van der Waals surface area contributed by atoms with Gasteiger partial charge in [0.1, 0.15) is 0 Å². The van der Waals surface area contributed by atoms with Gasteiger partial charge in [0.05, 0.1) is 6.42 Å². The van der Waals surface area contributed by atoms with E-state index in [1.807, 2.05) is 30.3 Å². The molecule has 3 nitrogen and oxygen atoms in total. The van der Waals surface area contributed by atoms with E-state index in [1.54, 1.807) is 0 Å². The first-order chi connectivity index (χ1) is 10.3. The van der Waals surface area contributed by atoms with E-state index in [2.05, 4.69) is 17.1 Å². The van der Waals surface area contributed by atoms with Crippen molar-refractivity contribution in [1.82, 2.24) is 10.2 Å².